The molecule has 0 aliphatic carbocycles. The maximum atomic E-state index is 14.7. The van der Waals surface area contributed by atoms with Gasteiger partial charge in [-0.3, -0.25) is 9.59 Å². The number of carbonyl (C=O) groups is 3. The number of para-hydroxylation sites is 1. The van der Waals surface area contributed by atoms with Crippen molar-refractivity contribution in [3.8, 4) is 5.75 Å². The summed E-state index contributed by atoms with van der Waals surface area (Å²) in [5, 5.41) is 16.5. The molecule has 0 spiro atoms. The van der Waals surface area contributed by atoms with Crippen LogP contribution in [0.3, 0.4) is 0 Å². The Labute approximate surface area is 278 Å². The third-order valence-corrected chi connectivity index (χ3v) is 7.84. The van der Waals surface area contributed by atoms with Crippen LogP contribution < -0.4 is 10.6 Å². The minimum atomic E-state index is -1.13. The molecule has 0 aromatic heterocycles. The minimum absolute atomic E-state index is 0.0381. The van der Waals surface area contributed by atoms with E-state index in [-0.39, 0.29) is 18.7 Å². The summed E-state index contributed by atoms with van der Waals surface area (Å²) < 4.78 is 5.54. The predicted molar refractivity (Wildman–Crippen MR) is 184 cm³/mol. The van der Waals surface area contributed by atoms with Crippen molar-refractivity contribution in [1.82, 2.24) is 10.2 Å². The largest absolute Gasteiger partial charge is 0.508 e. The Bertz CT molecular complexity index is 1420. The SMILES string of the molecule is CCCCCCCCN(C(=O)C(Cc1ccccc1)NC(=O)OC(C)(C)C)C(C(=O)Nc1c(C)cccc1Cl)c1cccc(O)c1. The van der Waals surface area contributed by atoms with Crippen LogP contribution in [0.2, 0.25) is 5.02 Å². The first-order chi connectivity index (χ1) is 21.9. The molecule has 0 aliphatic rings. The summed E-state index contributed by atoms with van der Waals surface area (Å²) in [7, 11) is 0. The lowest BCUT2D eigenvalue weighted by molar-refractivity contribution is -0.140. The number of halogens is 1. The normalized spacial score (nSPS) is 12.6. The van der Waals surface area contributed by atoms with Gasteiger partial charge in [-0.25, -0.2) is 4.79 Å². The van der Waals surface area contributed by atoms with E-state index in [2.05, 4.69) is 17.6 Å². The van der Waals surface area contributed by atoms with Crippen LogP contribution in [-0.2, 0) is 20.7 Å². The third-order valence-electron chi connectivity index (χ3n) is 7.52. The van der Waals surface area contributed by atoms with Crippen LogP contribution >= 0.6 is 11.6 Å². The molecule has 2 atom stereocenters. The van der Waals surface area contributed by atoms with Crippen LogP contribution in [0.4, 0.5) is 10.5 Å². The maximum Gasteiger partial charge on any atom is 0.408 e. The number of nitrogens with zero attached hydrogens (tertiary/aromatic N) is 1. The smallest absolute Gasteiger partial charge is 0.408 e. The van der Waals surface area contributed by atoms with Crippen molar-refractivity contribution in [2.24, 2.45) is 0 Å². The molecule has 0 saturated carbocycles. The number of alkyl carbamates (subject to hydrolysis) is 1. The lowest BCUT2D eigenvalue weighted by Gasteiger charge is -2.35. The molecule has 3 rings (SSSR count). The van der Waals surface area contributed by atoms with Gasteiger partial charge in [0.1, 0.15) is 23.4 Å². The minimum Gasteiger partial charge on any atom is -0.508 e. The maximum absolute atomic E-state index is 14.7. The zero-order valence-corrected chi connectivity index (χ0v) is 28.4. The van der Waals surface area contributed by atoms with E-state index in [1.807, 2.05) is 43.3 Å². The fraction of sp³-hybridized carbons (Fsp3) is 0.432. The van der Waals surface area contributed by atoms with Crippen molar-refractivity contribution < 1.29 is 24.2 Å². The summed E-state index contributed by atoms with van der Waals surface area (Å²) in [5.74, 6) is -0.969. The van der Waals surface area contributed by atoms with Crippen molar-refractivity contribution in [3.63, 3.8) is 0 Å². The molecule has 2 unspecified atom stereocenters. The number of rotatable bonds is 15. The fourth-order valence-corrected chi connectivity index (χ4v) is 5.55. The third kappa shape index (κ3) is 11.4. The van der Waals surface area contributed by atoms with Gasteiger partial charge in [-0.2, -0.15) is 0 Å². The highest BCUT2D eigenvalue weighted by Gasteiger charge is 2.36. The highest BCUT2D eigenvalue weighted by Crippen LogP contribution is 2.31. The summed E-state index contributed by atoms with van der Waals surface area (Å²) in [6, 6.07) is 18.9. The first-order valence-corrected chi connectivity index (χ1v) is 16.5. The molecule has 0 fully saturated rings. The van der Waals surface area contributed by atoms with E-state index in [9.17, 15) is 19.5 Å². The highest BCUT2D eigenvalue weighted by molar-refractivity contribution is 6.34. The molecule has 0 radical (unpaired) electrons. The topological polar surface area (TPSA) is 108 Å². The average Bonchev–Trinajstić information content (AvgIpc) is 2.99. The summed E-state index contributed by atoms with van der Waals surface area (Å²) in [4.78, 5) is 43.5. The van der Waals surface area contributed by atoms with E-state index in [0.717, 1.165) is 43.2 Å². The summed E-state index contributed by atoms with van der Waals surface area (Å²) in [5.41, 5.74) is 1.69. The molecule has 3 aromatic carbocycles. The number of phenols is 1. The molecule has 0 saturated heterocycles. The monoisotopic (exact) mass is 649 g/mol. The van der Waals surface area contributed by atoms with Crippen LogP contribution in [0, 0.1) is 6.92 Å². The van der Waals surface area contributed by atoms with Crippen LogP contribution in [0.1, 0.15) is 89.0 Å². The Morgan fingerprint density at radius 1 is 0.913 bits per heavy atom. The second kappa shape index (κ2) is 17.6. The predicted octanol–water partition coefficient (Wildman–Crippen LogP) is 8.36. The van der Waals surface area contributed by atoms with E-state index < -0.39 is 35.6 Å². The van der Waals surface area contributed by atoms with Crippen molar-refractivity contribution >= 4 is 35.2 Å². The molecule has 9 heteroatoms. The molecular weight excluding hydrogens is 602 g/mol. The number of aromatic hydroxyl groups is 1. The molecule has 8 nitrogen and oxygen atoms in total. The van der Waals surface area contributed by atoms with Crippen LogP contribution in [0.25, 0.3) is 0 Å². The number of nitrogens with one attached hydrogen (secondary N) is 2. The number of anilines is 1. The van der Waals surface area contributed by atoms with E-state index in [1.54, 1.807) is 45.0 Å². The van der Waals surface area contributed by atoms with Crippen molar-refractivity contribution in [1.29, 1.82) is 0 Å². The van der Waals surface area contributed by atoms with Gasteiger partial charge < -0.3 is 25.4 Å². The van der Waals surface area contributed by atoms with Gasteiger partial charge in [0.15, 0.2) is 0 Å². The number of hydrogen-bond donors (Lipinski definition) is 3. The molecule has 0 aliphatic heterocycles. The zero-order valence-electron chi connectivity index (χ0n) is 27.6. The first kappa shape index (κ1) is 36.4. The molecule has 3 aromatic rings. The Morgan fingerprint density at radius 3 is 2.24 bits per heavy atom. The van der Waals surface area contributed by atoms with Gasteiger partial charge in [0.05, 0.1) is 10.7 Å². The molecule has 3 N–H and O–H groups in total. The van der Waals surface area contributed by atoms with E-state index in [1.165, 1.54) is 17.0 Å². The number of aryl methyl sites for hydroxylation is 1. The number of hydrogen-bond acceptors (Lipinski definition) is 5. The van der Waals surface area contributed by atoms with E-state index >= 15 is 0 Å². The molecule has 3 amide bonds. The second-order valence-corrected chi connectivity index (χ2v) is 13.0. The summed E-state index contributed by atoms with van der Waals surface area (Å²) >= 11 is 6.49. The van der Waals surface area contributed by atoms with E-state index in [4.69, 9.17) is 16.3 Å². The molecular formula is C37H48ClN3O5. The number of unbranched alkanes of at least 4 members (excludes halogenated alkanes) is 5. The number of carbonyl (C=O) groups excluding carboxylic acids is 3. The zero-order chi connectivity index (χ0) is 33.7. The molecule has 248 valence electrons. The Morgan fingerprint density at radius 2 is 1.59 bits per heavy atom. The van der Waals surface area contributed by atoms with Crippen molar-refractivity contribution in [3.05, 3.63) is 94.5 Å². The lowest BCUT2D eigenvalue weighted by atomic mass is 9.99. The Balaban J connectivity index is 2.07. The van der Waals surface area contributed by atoms with Crippen molar-refractivity contribution in [2.45, 2.75) is 97.2 Å². The summed E-state index contributed by atoms with van der Waals surface area (Å²) in [6.07, 6.45) is 5.30. The van der Waals surface area contributed by atoms with Gasteiger partial charge >= 0.3 is 6.09 Å². The number of benzene rings is 3. The van der Waals surface area contributed by atoms with E-state index in [0.29, 0.717) is 22.7 Å². The quantitative estimate of drug-likeness (QED) is 0.143. The van der Waals surface area contributed by atoms with Gasteiger partial charge in [-0.15, -0.1) is 0 Å². The molecule has 0 heterocycles. The van der Waals surface area contributed by atoms with Gasteiger partial charge in [0, 0.05) is 13.0 Å². The molecule has 46 heavy (non-hydrogen) atoms. The van der Waals surface area contributed by atoms with Crippen LogP contribution in [0.5, 0.6) is 5.75 Å². The lowest BCUT2D eigenvalue weighted by Crippen LogP contribution is -2.53. The van der Waals surface area contributed by atoms with Crippen molar-refractivity contribution in [2.75, 3.05) is 11.9 Å². The van der Waals surface area contributed by atoms with Crippen LogP contribution in [0.15, 0.2) is 72.8 Å². The Hall–Kier alpha value is -4.04. The van der Waals surface area contributed by atoms with Gasteiger partial charge in [-0.1, -0.05) is 105 Å². The molecule has 0 bridgehead atoms. The summed E-state index contributed by atoms with van der Waals surface area (Å²) in [6.45, 7) is 9.51. The van der Waals surface area contributed by atoms with Gasteiger partial charge in [0.25, 0.3) is 5.91 Å². The number of phenolic OH excluding ortho intramolecular Hbond substituents is 1. The standard InChI is InChI=1S/C37H48ClN3O5/c1-6-7-8-9-10-14-23-41(35(44)31(24-27-18-12-11-13-19-27)39-36(45)46-37(3,4)5)33(28-20-16-21-29(42)25-28)34(43)40-32-26(2)17-15-22-30(32)38/h11-13,15-22,25,31,33,42H,6-10,14,23-24H2,1-5H3,(H,39,45)(H,40,43). The second-order valence-electron chi connectivity index (χ2n) is 12.6. The van der Waals surface area contributed by atoms with Crippen LogP contribution in [-0.4, -0.2) is 46.1 Å². The number of amides is 3. The highest BCUT2D eigenvalue weighted by atomic mass is 35.5. The number of ether oxygens (including phenoxy) is 1. The Kier molecular flexibility index (Phi) is 13.9. The average molecular weight is 650 g/mol. The fourth-order valence-electron chi connectivity index (χ4n) is 5.28. The first-order valence-electron chi connectivity index (χ1n) is 16.1. The van der Waals surface area contributed by atoms with Gasteiger partial charge in [-0.05, 0) is 69.0 Å². The van der Waals surface area contributed by atoms with Gasteiger partial charge in [0.2, 0.25) is 5.91 Å².